The molecule has 0 aliphatic rings. The third-order valence-corrected chi connectivity index (χ3v) is 5.84. The SMILES string of the molecule is CCOc1ccc(-n2nc(C(=O)OCC(=O)c3ccc(Br)cc3)nc2-c2ccc(Br)cc2)cc1. The molecule has 0 saturated heterocycles. The highest BCUT2D eigenvalue weighted by molar-refractivity contribution is 9.10. The summed E-state index contributed by atoms with van der Waals surface area (Å²) in [6.45, 7) is 2.06. The molecule has 0 amide bonds. The highest BCUT2D eigenvalue weighted by Gasteiger charge is 2.21. The molecule has 3 aromatic carbocycles. The summed E-state index contributed by atoms with van der Waals surface area (Å²) in [6, 6.07) is 21.6. The van der Waals surface area contributed by atoms with Crippen LogP contribution in [0.1, 0.15) is 27.9 Å². The van der Waals surface area contributed by atoms with E-state index in [1.165, 1.54) is 0 Å². The number of carbonyl (C=O) groups is 2. The van der Waals surface area contributed by atoms with Gasteiger partial charge in [-0.05, 0) is 55.5 Å². The summed E-state index contributed by atoms with van der Waals surface area (Å²) >= 11 is 6.75. The molecule has 0 fully saturated rings. The van der Waals surface area contributed by atoms with Crippen LogP contribution in [0.4, 0.5) is 0 Å². The number of hydrogen-bond acceptors (Lipinski definition) is 6. The molecule has 34 heavy (non-hydrogen) atoms. The summed E-state index contributed by atoms with van der Waals surface area (Å²) in [4.78, 5) is 29.5. The van der Waals surface area contributed by atoms with Crippen molar-refractivity contribution in [3.8, 4) is 22.8 Å². The second-order valence-electron chi connectivity index (χ2n) is 7.11. The number of benzene rings is 3. The number of Topliss-reactive ketones (excluding diaryl/α,β-unsaturated/α-hetero) is 1. The van der Waals surface area contributed by atoms with E-state index in [1.54, 1.807) is 28.9 Å². The number of esters is 1. The van der Waals surface area contributed by atoms with Crippen LogP contribution < -0.4 is 4.74 Å². The number of carbonyl (C=O) groups excluding carboxylic acids is 2. The lowest BCUT2D eigenvalue weighted by Gasteiger charge is -2.08. The fraction of sp³-hybridized carbons (Fsp3) is 0.120. The molecule has 0 N–H and O–H groups in total. The van der Waals surface area contributed by atoms with Gasteiger partial charge in [-0.1, -0.05) is 56.1 Å². The Balaban J connectivity index is 1.60. The highest BCUT2D eigenvalue weighted by atomic mass is 79.9. The zero-order valence-corrected chi connectivity index (χ0v) is 21.2. The van der Waals surface area contributed by atoms with Gasteiger partial charge in [0.05, 0.1) is 12.3 Å². The van der Waals surface area contributed by atoms with Crippen molar-refractivity contribution >= 4 is 43.6 Å². The summed E-state index contributed by atoms with van der Waals surface area (Å²) in [5.74, 6) is -0.0608. The van der Waals surface area contributed by atoms with Gasteiger partial charge in [0.1, 0.15) is 5.75 Å². The first-order valence-electron chi connectivity index (χ1n) is 10.4. The number of ether oxygens (including phenoxy) is 2. The molecule has 0 atom stereocenters. The van der Waals surface area contributed by atoms with E-state index in [-0.39, 0.29) is 11.6 Å². The lowest BCUT2D eigenvalue weighted by molar-refractivity contribution is 0.0462. The number of rotatable bonds is 8. The Hall–Kier alpha value is -3.30. The van der Waals surface area contributed by atoms with Crippen molar-refractivity contribution in [3.05, 3.63) is 93.1 Å². The quantitative estimate of drug-likeness (QED) is 0.189. The molecule has 0 saturated carbocycles. The number of halogens is 2. The first-order chi connectivity index (χ1) is 16.4. The molecule has 0 spiro atoms. The molecule has 0 aliphatic heterocycles. The minimum Gasteiger partial charge on any atom is -0.494 e. The monoisotopic (exact) mass is 583 g/mol. The van der Waals surface area contributed by atoms with Crippen molar-refractivity contribution in [1.29, 1.82) is 0 Å². The minimum absolute atomic E-state index is 0.143. The molecule has 9 heteroatoms. The Kier molecular flexibility index (Phi) is 7.54. The van der Waals surface area contributed by atoms with E-state index in [4.69, 9.17) is 9.47 Å². The van der Waals surface area contributed by atoms with Gasteiger partial charge in [-0.15, -0.1) is 5.10 Å². The van der Waals surface area contributed by atoms with E-state index in [0.29, 0.717) is 23.7 Å². The fourth-order valence-electron chi connectivity index (χ4n) is 3.13. The topological polar surface area (TPSA) is 83.3 Å². The minimum atomic E-state index is -0.784. The van der Waals surface area contributed by atoms with Gasteiger partial charge in [0.15, 0.2) is 18.2 Å². The van der Waals surface area contributed by atoms with Gasteiger partial charge in [-0.2, -0.15) is 0 Å². The Morgan fingerprint density at radius 3 is 2.12 bits per heavy atom. The number of nitrogens with zero attached hydrogens (tertiary/aromatic N) is 3. The van der Waals surface area contributed by atoms with Crippen LogP contribution in [0.25, 0.3) is 17.1 Å². The van der Waals surface area contributed by atoms with Crippen LogP contribution in [0, 0.1) is 0 Å². The van der Waals surface area contributed by atoms with Crippen LogP contribution in [0.5, 0.6) is 5.75 Å². The molecule has 0 aliphatic carbocycles. The summed E-state index contributed by atoms with van der Waals surface area (Å²) in [5.41, 5.74) is 1.90. The van der Waals surface area contributed by atoms with E-state index in [0.717, 1.165) is 20.3 Å². The van der Waals surface area contributed by atoms with Crippen molar-refractivity contribution in [2.75, 3.05) is 13.2 Å². The fourth-order valence-corrected chi connectivity index (χ4v) is 3.66. The molecular formula is C25H19Br2N3O4. The molecule has 4 aromatic rings. The van der Waals surface area contributed by atoms with Crippen LogP contribution in [-0.4, -0.2) is 39.7 Å². The van der Waals surface area contributed by atoms with Crippen molar-refractivity contribution < 1.29 is 19.1 Å². The predicted molar refractivity (Wildman–Crippen MR) is 134 cm³/mol. The first kappa shape index (κ1) is 23.8. The lowest BCUT2D eigenvalue weighted by atomic mass is 10.1. The summed E-state index contributed by atoms with van der Waals surface area (Å²) in [5, 5.41) is 4.38. The maximum absolute atomic E-state index is 12.7. The predicted octanol–water partition coefficient (Wildman–Crippen LogP) is 5.90. The van der Waals surface area contributed by atoms with Crippen molar-refractivity contribution in [1.82, 2.24) is 14.8 Å². The average Bonchev–Trinajstić information content (AvgIpc) is 3.29. The smallest absolute Gasteiger partial charge is 0.378 e. The van der Waals surface area contributed by atoms with Gasteiger partial charge in [-0.3, -0.25) is 4.79 Å². The second kappa shape index (κ2) is 10.8. The van der Waals surface area contributed by atoms with Gasteiger partial charge in [0.25, 0.3) is 5.82 Å². The van der Waals surface area contributed by atoms with Crippen LogP contribution in [0.15, 0.2) is 81.7 Å². The Labute approximate surface area is 213 Å². The van der Waals surface area contributed by atoms with Gasteiger partial charge >= 0.3 is 5.97 Å². The molecule has 1 aromatic heterocycles. The summed E-state index contributed by atoms with van der Waals surface area (Å²) in [6.07, 6.45) is 0. The lowest BCUT2D eigenvalue weighted by Crippen LogP contribution is -2.15. The normalized spacial score (nSPS) is 10.7. The van der Waals surface area contributed by atoms with Crippen LogP contribution in [0.2, 0.25) is 0 Å². The van der Waals surface area contributed by atoms with Crippen molar-refractivity contribution in [2.24, 2.45) is 0 Å². The average molecular weight is 585 g/mol. The van der Waals surface area contributed by atoms with Crippen LogP contribution in [-0.2, 0) is 4.74 Å². The van der Waals surface area contributed by atoms with E-state index in [9.17, 15) is 9.59 Å². The van der Waals surface area contributed by atoms with Crippen LogP contribution >= 0.6 is 31.9 Å². The maximum Gasteiger partial charge on any atom is 0.378 e. The summed E-state index contributed by atoms with van der Waals surface area (Å²) in [7, 11) is 0. The summed E-state index contributed by atoms with van der Waals surface area (Å²) < 4.78 is 14.1. The van der Waals surface area contributed by atoms with E-state index >= 15 is 0 Å². The van der Waals surface area contributed by atoms with Crippen molar-refractivity contribution in [3.63, 3.8) is 0 Å². The zero-order valence-electron chi connectivity index (χ0n) is 18.1. The molecule has 1 heterocycles. The molecule has 0 unspecified atom stereocenters. The molecule has 0 bridgehead atoms. The highest BCUT2D eigenvalue weighted by Crippen LogP contribution is 2.25. The van der Waals surface area contributed by atoms with Gasteiger partial charge < -0.3 is 9.47 Å². The van der Waals surface area contributed by atoms with Gasteiger partial charge in [-0.25, -0.2) is 14.5 Å². The Morgan fingerprint density at radius 2 is 1.50 bits per heavy atom. The third kappa shape index (κ3) is 5.60. The van der Waals surface area contributed by atoms with Gasteiger partial charge in [0, 0.05) is 20.1 Å². The number of ketones is 1. The molecule has 172 valence electrons. The largest absolute Gasteiger partial charge is 0.494 e. The number of hydrogen-bond donors (Lipinski definition) is 0. The standard InChI is InChI=1S/C25H19Br2N3O4/c1-2-33-21-13-11-20(12-14-21)30-24(17-5-9-19(27)10-6-17)28-23(29-30)25(32)34-15-22(31)16-3-7-18(26)8-4-16/h3-14H,2,15H2,1H3. The van der Waals surface area contributed by atoms with Crippen LogP contribution in [0.3, 0.4) is 0 Å². The van der Waals surface area contributed by atoms with E-state index < -0.39 is 12.6 Å². The maximum atomic E-state index is 12.7. The first-order valence-corrected chi connectivity index (χ1v) is 12.0. The van der Waals surface area contributed by atoms with Crippen molar-refractivity contribution in [2.45, 2.75) is 6.92 Å². The second-order valence-corrected chi connectivity index (χ2v) is 8.94. The third-order valence-electron chi connectivity index (χ3n) is 4.78. The van der Waals surface area contributed by atoms with E-state index in [1.807, 2.05) is 55.5 Å². The Bertz CT molecular complexity index is 1300. The van der Waals surface area contributed by atoms with Gasteiger partial charge in [0.2, 0.25) is 0 Å². The molecule has 4 rings (SSSR count). The zero-order chi connectivity index (χ0) is 24.1. The molecule has 7 nitrogen and oxygen atoms in total. The Morgan fingerprint density at radius 1 is 0.882 bits per heavy atom. The molecule has 0 radical (unpaired) electrons. The molecular weight excluding hydrogens is 566 g/mol. The van der Waals surface area contributed by atoms with E-state index in [2.05, 4.69) is 41.9 Å². The number of aromatic nitrogens is 3.